The van der Waals surface area contributed by atoms with Gasteiger partial charge in [0.25, 0.3) is 0 Å². The minimum absolute atomic E-state index is 0.0469. The number of nitrogens with zero attached hydrogens (tertiary/aromatic N) is 1. The summed E-state index contributed by atoms with van der Waals surface area (Å²) in [4.78, 5) is 16.5. The van der Waals surface area contributed by atoms with Crippen LogP contribution in [0, 0.1) is 13.8 Å². The number of anilines is 1. The molecule has 0 amide bonds. The number of hydrogen-bond donors (Lipinski definition) is 1. The Morgan fingerprint density at radius 2 is 1.88 bits per heavy atom. The van der Waals surface area contributed by atoms with Crippen molar-refractivity contribution in [2.45, 2.75) is 37.5 Å². The third-order valence-electron chi connectivity index (χ3n) is 4.67. The Morgan fingerprint density at radius 3 is 2.50 bits per heavy atom. The highest BCUT2D eigenvalue weighted by atomic mass is 35.5. The van der Waals surface area contributed by atoms with Crippen molar-refractivity contribution in [2.75, 3.05) is 18.6 Å². The summed E-state index contributed by atoms with van der Waals surface area (Å²) in [6.45, 7) is 8.64. The Labute approximate surface area is 163 Å². The van der Waals surface area contributed by atoms with Gasteiger partial charge in [0, 0.05) is 28.5 Å². The van der Waals surface area contributed by atoms with E-state index in [9.17, 15) is 4.79 Å². The number of fused-ring (bicyclic) bond motifs is 1. The van der Waals surface area contributed by atoms with Gasteiger partial charge in [-0.3, -0.25) is 4.79 Å². The van der Waals surface area contributed by atoms with Crippen molar-refractivity contribution in [1.29, 1.82) is 0 Å². The lowest BCUT2D eigenvalue weighted by Crippen LogP contribution is -2.18. The van der Waals surface area contributed by atoms with E-state index in [0.717, 1.165) is 32.9 Å². The van der Waals surface area contributed by atoms with Gasteiger partial charge in [-0.15, -0.1) is 0 Å². The molecule has 1 aliphatic heterocycles. The quantitative estimate of drug-likeness (QED) is 0.540. The van der Waals surface area contributed by atoms with Crippen molar-refractivity contribution in [3.05, 3.63) is 57.6 Å². The van der Waals surface area contributed by atoms with Crippen molar-refractivity contribution < 1.29 is 9.53 Å². The SMILES string of the molecule is CCN1/C(=C/C(C)=O)[SH](c2cc(C)c(C)cc2Cl)c2ccc(OC)cc21. The molecule has 26 heavy (non-hydrogen) atoms. The van der Waals surface area contributed by atoms with E-state index >= 15 is 0 Å². The van der Waals surface area contributed by atoms with Crippen LogP contribution in [0.25, 0.3) is 0 Å². The van der Waals surface area contributed by atoms with E-state index in [0.29, 0.717) is 0 Å². The van der Waals surface area contributed by atoms with Gasteiger partial charge in [0.15, 0.2) is 5.78 Å². The van der Waals surface area contributed by atoms with Crippen LogP contribution in [0.1, 0.15) is 25.0 Å². The van der Waals surface area contributed by atoms with E-state index in [1.807, 2.05) is 18.2 Å². The monoisotopic (exact) mass is 389 g/mol. The van der Waals surface area contributed by atoms with Gasteiger partial charge in [-0.1, -0.05) is 11.6 Å². The summed E-state index contributed by atoms with van der Waals surface area (Å²) in [5, 5.41) is 1.79. The van der Waals surface area contributed by atoms with Gasteiger partial charge in [-0.2, -0.15) is 10.9 Å². The van der Waals surface area contributed by atoms with Gasteiger partial charge in [-0.05, 0) is 63.1 Å². The van der Waals surface area contributed by atoms with Gasteiger partial charge < -0.3 is 9.64 Å². The molecule has 3 rings (SSSR count). The molecule has 0 N–H and O–H groups in total. The number of allylic oxidation sites excluding steroid dienone is 1. The zero-order valence-corrected chi connectivity index (χ0v) is 17.4. The summed E-state index contributed by atoms with van der Waals surface area (Å²) in [5.74, 6) is 0.859. The molecule has 5 heteroatoms. The van der Waals surface area contributed by atoms with Crippen LogP contribution in [-0.4, -0.2) is 19.4 Å². The van der Waals surface area contributed by atoms with Gasteiger partial charge in [0.2, 0.25) is 0 Å². The first-order chi connectivity index (χ1) is 12.4. The molecular weight excluding hydrogens is 366 g/mol. The molecule has 138 valence electrons. The van der Waals surface area contributed by atoms with Crippen LogP contribution in [-0.2, 0) is 4.79 Å². The smallest absolute Gasteiger partial charge is 0.155 e. The molecule has 1 heterocycles. The average molecular weight is 390 g/mol. The minimum atomic E-state index is -0.885. The van der Waals surface area contributed by atoms with E-state index in [2.05, 4.69) is 37.8 Å². The van der Waals surface area contributed by atoms with Crippen LogP contribution in [0.4, 0.5) is 5.69 Å². The molecule has 0 saturated heterocycles. The fraction of sp³-hybridized carbons (Fsp3) is 0.286. The maximum Gasteiger partial charge on any atom is 0.155 e. The van der Waals surface area contributed by atoms with Crippen molar-refractivity contribution in [1.82, 2.24) is 0 Å². The van der Waals surface area contributed by atoms with Crippen LogP contribution in [0.3, 0.4) is 0 Å². The molecule has 2 aromatic carbocycles. The number of rotatable bonds is 4. The normalized spacial score (nSPS) is 18.9. The van der Waals surface area contributed by atoms with Crippen LogP contribution < -0.4 is 9.64 Å². The van der Waals surface area contributed by atoms with E-state index in [-0.39, 0.29) is 5.78 Å². The van der Waals surface area contributed by atoms with Crippen LogP contribution >= 0.6 is 22.5 Å². The third-order valence-corrected chi connectivity index (χ3v) is 7.66. The standard InChI is InChI=1S/C21H24ClNO2S/c1-6-23-18-12-16(25-5)7-8-19(18)26(21(23)11-15(4)24)20-10-14(3)13(2)9-17(20)22/h7-12,26H,6H2,1-5H3/b21-11-. The number of halogens is 1. The fourth-order valence-corrected chi connectivity index (χ4v) is 6.52. The highest BCUT2D eigenvalue weighted by Crippen LogP contribution is 2.63. The number of ketones is 1. The predicted octanol–water partition coefficient (Wildman–Crippen LogP) is 5.65. The van der Waals surface area contributed by atoms with E-state index in [1.54, 1.807) is 20.1 Å². The third kappa shape index (κ3) is 3.24. The number of thiol groups is 1. The van der Waals surface area contributed by atoms with Crippen LogP contribution in [0.2, 0.25) is 5.02 Å². The number of benzene rings is 2. The summed E-state index contributed by atoms with van der Waals surface area (Å²) < 4.78 is 5.42. The Hall–Kier alpha value is -1.91. The first kappa shape index (κ1) is 18.9. The molecule has 1 unspecified atom stereocenters. The van der Waals surface area contributed by atoms with E-state index < -0.39 is 10.9 Å². The van der Waals surface area contributed by atoms with E-state index in [1.165, 1.54) is 16.0 Å². The second-order valence-corrected chi connectivity index (χ2v) is 8.94. The summed E-state index contributed by atoms with van der Waals surface area (Å²) in [6.07, 6.45) is 1.76. The van der Waals surface area contributed by atoms with E-state index in [4.69, 9.17) is 16.3 Å². The molecule has 2 aromatic rings. The Bertz CT molecular complexity index is 907. The molecule has 1 aliphatic rings. The highest BCUT2D eigenvalue weighted by Gasteiger charge is 2.33. The fourth-order valence-electron chi connectivity index (χ4n) is 3.25. The highest BCUT2D eigenvalue weighted by molar-refractivity contribution is 8.21. The van der Waals surface area contributed by atoms with Crippen LogP contribution in [0.15, 0.2) is 51.2 Å². The van der Waals surface area contributed by atoms with Crippen molar-refractivity contribution in [2.24, 2.45) is 0 Å². The number of hydrogen-bond acceptors (Lipinski definition) is 3. The van der Waals surface area contributed by atoms with Gasteiger partial charge in [-0.25, -0.2) is 0 Å². The molecule has 0 radical (unpaired) electrons. The summed E-state index contributed by atoms with van der Waals surface area (Å²) in [6, 6.07) is 10.3. The lowest BCUT2D eigenvalue weighted by molar-refractivity contribution is -0.112. The first-order valence-electron chi connectivity index (χ1n) is 8.62. The molecule has 0 fully saturated rings. The molecule has 0 aromatic heterocycles. The largest absolute Gasteiger partial charge is 0.497 e. The molecule has 1 atom stereocenters. The lowest BCUT2D eigenvalue weighted by atomic mass is 10.1. The number of carbonyl (C=O) groups excluding carboxylic acids is 1. The number of ether oxygens (including phenoxy) is 1. The number of carbonyl (C=O) groups is 1. The predicted molar refractivity (Wildman–Crippen MR) is 111 cm³/mol. The Kier molecular flexibility index (Phi) is 5.35. The Balaban J connectivity index is 2.28. The summed E-state index contributed by atoms with van der Waals surface area (Å²) >= 11 is 6.66. The number of aryl methyl sites for hydroxylation is 2. The maximum atomic E-state index is 12.0. The van der Waals surface area contributed by atoms with Crippen molar-refractivity contribution in [3.8, 4) is 5.75 Å². The van der Waals surface area contributed by atoms with Gasteiger partial charge in [0.1, 0.15) is 5.75 Å². The van der Waals surface area contributed by atoms with Crippen LogP contribution in [0.5, 0.6) is 5.75 Å². The molecule has 0 bridgehead atoms. The van der Waals surface area contributed by atoms with Gasteiger partial charge >= 0.3 is 0 Å². The topological polar surface area (TPSA) is 29.5 Å². The molecule has 3 nitrogen and oxygen atoms in total. The Morgan fingerprint density at radius 1 is 1.19 bits per heavy atom. The molecule has 0 aliphatic carbocycles. The average Bonchev–Trinajstić information content (AvgIpc) is 2.89. The second-order valence-electron chi connectivity index (χ2n) is 6.44. The molecule has 0 saturated carbocycles. The number of methoxy groups -OCH3 is 1. The summed E-state index contributed by atoms with van der Waals surface area (Å²) in [7, 11) is 0.784. The molecule has 0 spiro atoms. The summed E-state index contributed by atoms with van der Waals surface area (Å²) in [5.41, 5.74) is 3.48. The minimum Gasteiger partial charge on any atom is -0.497 e. The lowest BCUT2D eigenvalue weighted by Gasteiger charge is -2.25. The maximum absolute atomic E-state index is 12.0. The zero-order chi connectivity index (χ0) is 19.0. The first-order valence-corrected chi connectivity index (χ1v) is 10.3. The van der Waals surface area contributed by atoms with Crippen molar-refractivity contribution >= 4 is 34.0 Å². The molecular formula is C21H24ClNO2S. The zero-order valence-electron chi connectivity index (χ0n) is 15.8. The van der Waals surface area contributed by atoms with Crippen molar-refractivity contribution in [3.63, 3.8) is 0 Å². The second kappa shape index (κ2) is 7.37. The van der Waals surface area contributed by atoms with Gasteiger partial charge in [0.05, 0.1) is 22.8 Å².